The lowest BCUT2D eigenvalue weighted by molar-refractivity contribution is 0.0938. The molecule has 0 radical (unpaired) electrons. The Hall–Kier alpha value is -1.89. The summed E-state index contributed by atoms with van der Waals surface area (Å²) in [6, 6.07) is 4.87. The third-order valence-corrected chi connectivity index (χ3v) is 5.66. The number of hydrogen-bond donors (Lipinski definition) is 1. The van der Waals surface area contributed by atoms with E-state index in [-0.39, 0.29) is 16.8 Å². The molecular weight excluding hydrogens is 338 g/mol. The van der Waals surface area contributed by atoms with E-state index in [9.17, 15) is 13.2 Å². The van der Waals surface area contributed by atoms with Gasteiger partial charge in [-0.15, -0.1) is 4.40 Å². The van der Waals surface area contributed by atoms with Gasteiger partial charge in [0, 0.05) is 18.2 Å². The summed E-state index contributed by atoms with van der Waals surface area (Å²) in [5, 5.41) is 2.90. The van der Waals surface area contributed by atoms with E-state index in [1.54, 1.807) is 19.1 Å². The molecule has 25 heavy (non-hydrogen) atoms. The fourth-order valence-electron chi connectivity index (χ4n) is 2.94. The number of nitrogens with one attached hydrogen (secondary N) is 1. The molecule has 1 aromatic carbocycles. The smallest absolute Gasteiger partial charge is 0.286 e. The second kappa shape index (κ2) is 7.99. The van der Waals surface area contributed by atoms with Gasteiger partial charge in [-0.1, -0.05) is 26.7 Å². The number of amides is 1. The van der Waals surface area contributed by atoms with Crippen molar-refractivity contribution in [2.24, 2.45) is 4.40 Å². The number of nitrogens with zero attached hydrogens (tertiary/aromatic N) is 2. The van der Waals surface area contributed by atoms with Gasteiger partial charge in [0.15, 0.2) is 0 Å². The van der Waals surface area contributed by atoms with E-state index in [0.717, 1.165) is 25.7 Å². The maximum absolute atomic E-state index is 12.5. The minimum absolute atomic E-state index is 0.0476. The molecule has 1 aliphatic rings. The van der Waals surface area contributed by atoms with Crippen molar-refractivity contribution in [1.29, 1.82) is 0 Å². The molecule has 1 heterocycles. The minimum Gasteiger partial charge on any atom is -0.350 e. The molecule has 0 bridgehead atoms. The standard InChI is InChI=1S/C18H27N3O3S/c1-5-7-11-21-14(4)20-25(23,24)17-12-15(9-10-16(17)21)18(22)19-13(3)8-6-2/h9-10,12-13H,5-8,11H2,1-4H3,(H,19,22)/t13-/m0/s1. The maximum atomic E-state index is 12.5. The van der Waals surface area contributed by atoms with Crippen molar-refractivity contribution >= 4 is 27.5 Å². The van der Waals surface area contributed by atoms with Gasteiger partial charge in [0.05, 0.1) is 5.69 Å². The normalized spacial score (nSPS) is 16.8. The first-order valence-electron chi connectivity index (χ1n) is 8.84. The Morgan fingerprint density at radius 2 is 2.00 bits per heavy atom. The molecule has 0 unspecified atom stereocenters. The molecule has 0 aromatic heterocycles. The first-order chi connectivity index (χ1) is 11.8. The summed E-state index contributed by atoms with van der Waals surface area (Å²) in [4.78, 5) is 14.4. The summed E-state index contributed by atoms with van der Waals surface area (Å²) in [5.74, 6) is 0.208. The highest BCUT2D eigenvalue weighted by molar-refractivity contribution is 7.90. The number of rotatable bonds is 7. The molecule has 7 heteroatoms. The average molecular weight is 365 g/mol. The molecule has 0 fully saturated rings. The van der Waals surface area contributed by atoms with Crippen molar-refractivity contribution < 1.29 is 13.2 Å². The minimum atomic E-state index is -3.78. The van der Waals surface area contributed by atoms with Crippen LogP contribution in [0.4, 0.5) is 5.69 Å². The van der Waals surface area contributed by atoms with Gasteiger partial charge in [-0.05, 0) is 44.9 Å². The monoisotopic (exact) mass is 365 g/mol. The Morgan fingerprint density at radius 3 is 2.64 bits per heavy atom. The zero-order valence-electron chi connectivity index (χ0n) is 15.4. The number of unbranched alkanes of at least 4 members (excludes halogenated alkanes) is 1. The largest absolute Gasteiger partial charge is 0.350 e. The summed E-state index contributed by atoms with van der Waals surface area (Å²) >= 11 is 0. The zero-order valence-corrected chi connectivity index (χ0v) is 16.2. The molecular formula is C18H27N3O3S. The second-order valence-electron chi connectivity index (χ2n) is 6.46. The molecule has 1 aromatic rings. The van der Waals surface area contributed by atoms with Gasteiger partial charge in [-0.2, -0.15) is 8.42 Å². The molecule has 1 N–H and O–H groups in total. The lowest BCUT2D eigenvalue weighted by atomic mass is 10.1. The fraction of sp³-hybridized carbons (Fsp3) is 0.556. The van der Waals surface area contributed by atoms with Gasteiger partial charge in [-0.3, -0.25) is 4.79 Å². The van der Waals surface area contributed by atoms with Gasteiger partial charge >= 0.3 is 0 Å². The van der Waals surface area contributed by atoms with Crippen molar-refractivity contribution in [3.05, 3.63) is 23.8 Å². The Labute approximate surface area is 150 Å². The number of benzene rings is 1. The first-order valence-corrected chi connectivity index (χ1v) is 10.3. The van der Waals surface area contributed by atoms with Crippen LogP contribution in [0.15, 0.2) is 27.5 Å². The SMILES string of the molecule is CCCCN1C(C)=NS(=O)(=O)c2cc(C(=O)N[C@@H](C)CCC)ccc21. The van der Waals surface area contributed by atoms with Crippen molar-refractivity contribution in [3.8, 4) is 0 Å². The van der Waals surface area contributed by atoms with Crippen LogP contribution >= 0.6 is 0 Å². The Bertz CT molecular complexity index is 772. The predicted molar refractivity (Wildman–Crippen MR) is 101 cm³/mol. The van der Waals surface area contributed by atoms with Crippen LogP contribution < -0.4 is 10.2 Å². The van der Waals surface area contributed by atoms with Crippen molar-refractivity contribution in [3.63, 3.8) is 0 Å². The van der Waals surface area contributed by atoms with Gasteiger partial charge in [-0.25, -0.2) is 0 Å². The van der Waals surface area contributed by atoms with E-state index in [1.165, 1.54) is 6.07 Å². The first kappa shape index (κ1) is 19.4. The number of carbonyl (C=O) groups excluding carboxylic acids is 1. The molecule has 2 rings (SSSR count). The fourth-order valence-corrected chi connectivity index (χ4v) is 4.21. The molecule has 0 spiro atoms. The molecule has 1 amide bonds. The maximum Gasteiger partial charge on any atom is 0.286 e. The number of fused-ring (bicyclic) bond motifs is 1. The van der Waals surface area contributed by atoms with Crippen LogP contribution in [-0.2, 0) is 10.0 Å². The van der Waals surface area contributed by atoms with Crippen molar-refractivity contribution in [2.75, 3.05) is 11.4 Å². The van der Waals surface area contributed by atoms with Crippen LogP contribution in [-0.4, -0.2) is 32.7 Å². The van der Waals surface area contributed by atoms with Crippen LogP contribution in [0.1, 0.15) is 63.7 Å². The van der Waals surface area contributed by atoms with Crippen LogP contribution in [0.25, 0.3) is 0 Å². The van der Waals surface area contributed by atoms with Gasteiger partial charge in [0.25, 0.3) is 15.9 Å². The Balaban J connectivity index is 2.36. The van der Waals surface area contributed by atoms with Gasteiger partial charge in [0.2, 0.25) is 0 Å². The van der Waals surface area contributed by atoms with E-state index in [2.05, 4.69) is 23.6 Å². The van der Waals surface area contributed by atoms with Crippen LogP contribution in [0.2, 0.25) is 0 Å². The number of hydrogen-bond acceptors (Lipinski definition) is 4. The van der Waals surface area contributed by atoms with Gasteiger partial charge in [0.1, 0.15) is 10.7 Å². The third kappa shape index (κ3) is 4.39. The van der Waals surface area contributed by atoms with Crippen molar-refractivity contribution in [2.45, 2.75) is 64.3 Å². The predicted octanol–water partition coefficient (Wildman–Crippen LogP) is 3.33. The van der Waals surface area contributed by atoms with Crippen molar-refractivity contribution in [1.82, 2.24) is 5.32 Å². The Morgan fingerprint density at radius 1 is 1.28 bits per heavy atom. The zero-order chi connectivity index (χ0) is 18.6. The third-order valence-electron chi connectivity index (χ3n) is 4.27. The van der Waals surface area contributed by atoms with Crippen LogP contribution in [0.5, 0.6) is 0 Å². The topological polar surface area (TPSA) is 78.8 Å². The lowest BCUT2D eigenvalue weighted by Crippen LogP contribution is -2.35. The summed E-state index contributed by atoms with van der Waals surface area (Å²) in [6.45, 7) is 8.48. The van der Waals surface area contributed by atoms with E-state index in [0.29, 0.717) is 23.6 Å². The van der Waals surface area contributed by atoms with Crippen LogP contribution in [0.3, 0.4) is 0 Å². The van der Waals surface area contributed by atoms with Crippen LogP contribution in [0, 0.1) is 0 Å². The Kier molecular flexibility index (Phi) is 6.21. The summed E-state index contributed by atoms with van der Waals surface area (Å²) in [5.41, 5.74) is 0.939. The quantitative estimate of drug-likeness (QED) is 0.804. The molecule has 1 atom stereocenters. The van der Waals surface area contributed by atoms with E-state index >= 15 is 0 Å². The highest BCUT2D eigenvalue weighted by Gasteiger charge is 2.29. The second-order valence-corrected chi connectivity index (χ2v) is 8.04. The molecule has 138 valence electrons. The number of sulfonamides is 1. The molecule has 0 saturated heterocycles. The molecule has 6 nitrogen and oxygen atoms in total. The summed E-state index contributed by atoms with van der Waals surface area (Å²) in [7, 11) is -3.78. The molecule has 1 aliphatic heterocycles. The summed E-state index contributed by atoms with van der Waals surface area (Å²) in [6.07, 6.45) is 3.79. The summed E-state index contributed by atoms with van der Waals surface area (Å²) < 4.78 is 28.8. The molecule has 0 saturated carbocycles. The number of amidine groups is 1. The number of carbonyl (C=O) groups is 1. The lowest BCUT2D eigenvalue weighted by Gasteiger charge is -2.29. The van der Waals surface area contributed by atoms with E-state index in [1.807, 2.05) is 11.8 Å². The highest BCUT2D eigenvalue weighted by atomic mass is 32.2. The average Bonchev–Trinajstić information content (AvgIpc) is 2.54. The van der Waals surface area contributed by atoms with Gasteiger partial charge < -0.3 is 10.2 Å². The molecule has 0 aliphatic carbocycles. The number of anilines is 1. The van der Waals surface area contributed by atoms with E-state index < -0.39 is 10.0 Å². The highest BCUT2D eigenvalue weighted by Crippen LogP contribution is 2.32. The van der Waals surface area contributed by atoms with E-state index in [4.69, 9.17) is 0 Å².